The summed E-state index contributed by atoms with van der Waals surface area (Å²) in [6.07, 6.45) is 2.17. The van der Waals surface area contributed by atoms with Crippen molar-refractivity contribution in [1.82, 2.24) is 10.3 Å². The fraction of sp³-hybridized carbons (Fsp3) is 0.250. The Bertz CT molecular complexity index is 1040. The van der Waals surface area contributed by atoms with Gasteiger partial charge in [-0.05, 0) is 55.7 Å². The zero-order chi connectivity index (χ0) is 21.3. The van der Waals surface area contributed by atoms with Crippen LogP contribution in [0.1, 0.15) is 37.4 Å². The Kier molecular flexibility index (Phi) is 5.83. The first-order chi connectivity index (χ1) is 14.3. The molecule has 1 N–H and O–H groups in total. The fourth-order valence-corrected chi connectivity index (χ4v) is 4.34. The lowest BCUT2D eigenvalue weighted by Gasteiger charge is -2.30. The van der Waals surface area contributed by atoms with Crippen molar-refractivity contribution in [2.45, 2.75) is 37.9 Å². The summed E-state index contributed by atoms with van der Waals surface area (Å²) in [4.78, 5) is 19.7. The van der Waals surface area contributed by atoms with Gasteiger partial charge in [-0.1, -0.05) is 65.7 Å². The molecule has 0 saturated carbocycles. The highest BCUT2D eigenvalue weighted by molar-refractivity contribution is 6.30. The number of hydrogen-bond donors (Lipinski definition) is 1. The molecule has 154 valence electrons. The minimum atomic E-state index is -0.371. The van der Waals surface area contributed by atoms with E-state index < -0.39 is 0 Å². The Labute approximate surface area is 186 Å². The Balaban J connectivity index is 1.68. The molecule has 30 heavy (non-hydrogen) atoms. The molecule has 0 aliphatic carbocycles. The maximum atomic E-state index is 13.5. The smallest absolute Gasteiger partial charge is 0.245 e. The van der Waals surface area contributed by atoms with Crippen LogP contribution in [0.15, 0.2) is 72.9 Å². The fourth-order valence-electron chi connectivity index (χ4n) is 4.03. The number of nitrogens with one attached hydrogen (secondary N) is 1. The Morgan fingerprint density at radius 3 is 2.43 bits per heavy atom. The van der Waals surface area contributed by atoms with Crippen molar-refractivity contribution in [2.75, 3.05) is 4.90 Å². The van der Waals surface area contributed by atoms with Crippen molar-refractivity contribution in [3.63, 3.8) is 0 Å². The van der Waals surface area contributed by atoms with Gasteiger partial charge in [0.2, 0.25) is 5.91 Å². The third-order valence-corrected chi connectivity index (χ3v) is 5.99. The number of pyridine rings is 1. The van der Waals surface area contributed by atoms with Crippen molar-refractivity contribution in [1.29, 1.82) is 0 Å². The van der Waals surface area contributed by atoms with Gasteiger partial charge in [0.25, 0.3) is 0 Å². The molecule has 3 aromatic rings. The van der Waals surface area contributed by atoms with E-state index in [-0.39, 0.29) is 23.5 Å². The molecular formula is C24H23Cl2N3O. The molecule has 2 aromatic carbocycles. The van der Waals surface area contributed by atoms with Crippen LogP contribution in [-0.2, 0) is 10.3 Å². The van der Waals surface area contributed by atoms with E-state index in [2.05, 4.69) is 36.3 Å². The zero-order valence-electron chi connectivity index (χ0n) is 16.8. The molecule has 1 aliphatic rings. The maximum Gasteiger partial charge on any atom is 0.245 e. The van der Waals surface area contributed by atoms with Gasteiger partial charge in [0, 0.05) is 16.8 Å². The molecule has 1 amide bonds. The molecule has 0 spiro atoms. The predicted octanol–water partition coefficient (Wildman–Crippen LogP) is 5.76. The van der Waals surface area contributed by atoms with Crippen molar-refractivity contribution in [2.24, 2.45) is 0 Å². The van der Waals surface area contributed by atoms with Gasteiger partial charge < -0.3 is 0 Å². The van der Waals surface area contributed by atoms with E-state index in [0.717, 1.165) is 11.1 Å². The van der Waals surface area contributed by atoms with Gasteiger partial charge in [-0.25, -0.2) is 4.98 Å². The normalized spacial score (nSPS) is 19.3. The third-order valence-electron chi connectivity index (χ3n) is 5.53. The molecule has 1 saturated heterocycles. The number of rotatable bonds is 5. The molecular weight excluding hydrogens is 417 g/mol. The van der Waals surface area contributed by atoms with Crippen molar-refractivity contribution >= 4 is 34.9 Å². The second-order valence-electron chi connectivity index (χ2n) is 8.04. The number of nitrogens with zero attached hydrogens (tertiary/aromatic N) is 2. The number of anilines is 1. The molecule has 1 aliphatic heterocycles. The van der Waals surface area contributed by atoms with Crippen molar-refractivity contribution < 1.29 is 4.79 Å². The van der Waals surface area contributed by atoms with E-state index in [1.165, 1.54) is 0 Å². The summed E-state index contributed by atoms with van der Waals surface area (Å²) < 4.78 is 0. The second-order valence-corrected chi connectivity index (χ2v) is 8.91. The van der Waals surface area contributed by atoms with Crippen LogP contribution in [0.25, 0.3) is 0 Å². The van der Waals surface area contributed by atoms with Gasteiger partial charge in [0.05, 0.1) is 17.1 Å². The van der Waals surface area contributed by atoms with Crippen LogP contribution < -0.4 is 10.2 Å². The van der Waals surface area contributed by atoms with Crippen LogP contribution in [0.2, 0.25) is 10.0 Å². The predicted molar refractivity (Wildman–Crippen MR) is 122 cm³/mol. The standard InChI is InChI=1S/C24H23Cl2N3O/c1-24(2,17-8-4-3-5-9-17)28-20-14-21(16-7-6-10-18(25)13-16)29(23(20)30)22-12-11-19(26)15-27-22/h3-13,15,20-21,28H,14H2,1-2H3/t20-,21-/m1/s1. The number of amides is 1. The molecule has 4 rings (SSSR count). The van der Waals surface area contributed by atoms with Crippen molar-refractivity contribution in [3.8, 4) is 0 Å². The summed E-state index contributed by atoms with van der Waals surface area (Å²) in [5, 5.41) is 4.74. The van der Waals surface area contributed by atoms with Gasteiger partial charge in [0.15, 0.2) is 0 Å². The van der Waals surface area contributed by atoms with Crippen LogP contribution in [0.3, 0.4) is 0 Å². The number of halogens is 2. The van der Waals surface area contributed by atoms with Crippen LogP contribution in [0.4, 0.5) is 5.82 Å². The van der Waals surface area contributed by atoms with E-state index in [4.69, 9.17) is 23.2 Å². The van der Waals surface area contributed by atoms with Gasteiger partial charge >= 0.3 is 0 Å². The number of benzene rings is 2. The summed E-state index contributed by atoms with van der Waals surface area (Å²) in [5.74, 6) is 0.565. The molecule has 1 fully saturated rings. The zero-order valence-corrected chi connectivity index (χ0v) is 18.4. The van der Waals surface area contributed by atoms with Gasteiger partial charge in [-0.2, -0.15) is 0 Å². The largest absolute Gasteiger partial charge is 0.297 e. The van der Waals surface area contributed by atoms with E-state index in [1.54, 1.807) is 23.2 Å². The molecule has 1 aromatic heterocycles. The lowest BCUT2D eigenvalue weighted by molar-refractivity contribution is -0.119. The number of hydrogen-bond acceptors (Lipinski definition) is 3. The van der Waals surface area contributed by atoms with Gasteiger partial charge in [-0.15, -0.1) is 0 Å². The Hall–Kier alpha value is -2.40. The number of carbonyl (C=O) groups is 1. The lowest BCUT2D eigenvalue weighted by atomic mass is 9.92. The number of aromatic nitrogens is 1. The van der Waals surface area contributed by atoms with Crippen molar-refractivity contribution in [3.05, 3.63) is 94.1 Å². The second kappa shape index (κ2) is 8.38. The highest BCUT2D eigenvalue weighted by Crippen LogP contribution is 2.38. The SMILES string of the molecule is CC(C)(N[C@@H]1C[C@H](c2cccc(Cl)c2)N(c2ccc(Cl)cn2)C1=O)c1ccccc1. The lowest BCUT2D eigenvalue weighted by Crippen LogP contribution is -2.47. The highest BCUT2D eigenvalue weighted by atomic mass is 35.5. The van der Waals surface area contributed by atoms with Crippen LogP contribution in [0.5, 0.6) is 0 Å². The average Bonchev–Trinajstić information content (AvgIpc) is 3.05. The first-order valence-corrected chi connectivity index (χ1v) is 10.6. The summed E-state index contributed by atoms with van der Waals surface area (Å²) in [6, 6.07) is 20.8. The first kappa shape index (κ1) is 20.9. The van der Waals surface area contributed by atoms with Crippen LogP contribution >= 0.6 is 23.2 Å². The summed E-state index contributed by atoms with van der Waals surface area (Å²) in [7, 11) is 0. The van der Waals surface area contributed by atoms with Crippen LogP contribution in [-0.4, -0.2) is 16.9 Å². The van der Waals surface area contributed by atoms with E-state index in [1.807, 2.05) is 42.5 Å². The van der Waals surface area contributed by atoms with E-state index in [9.17, 15) is 4.79 Å². The third kappa shape index (κ3) is 4.22. The summed E-state index contributed by atoms with van der Waals surface area (Å²) >= 11 is 12.3. The van der Waals surface area contributed by atoms with Crippen LogP contribution in [0, 0.1) is 0 Å². The van der Waals surface area contributed by atoms with E-state index in [0.29, 0.717) is 22.3 Å². The van der Waals surface area contributed by atoms with Gasteiger partial charge in [0.1, 0.15) is 5.82 Å². The Morgan fingerprint density at radius 1 is 1.00 bits per heavy atom. The molecule has 2 heterocycles. The maximum absolute atomic E-state index is 13.5. The first-order valence-electron chi connectivity index (χ1n) is 9.88. The molecule has 0 bridgehead atoms. The van der Waals surface area contributed by atoms with E-state index >= 15 is 0 Å². The highest BCUT2D eigenvalue weighted by Gasteiger charge is 2.43. The average molecular weight is 440 g/mol. The molecule has 0 radical (unpaired) electrons. The summed E-state index contributed by atoms with van der Waals surface area (Å²) in [6.45, 7) is 4.18. The minimum absolute atomic E-state index is 0.0150. The topological polar surface area (TPSA) is 45.2 Å². The number of carbonyl (C=O) groups excluding carboxylic acids is 1. The molecule has 4 nitrogen and oxygen atoms in total. The Morgan fingerprint density at radius 2 is 1.77 bits per heavy atom. The molecule has 0 unspecified atom stereocenters. The quantitative estimate of drug-likeness (QED) is 0.549. The molecule has 2 atom stereocenters. The minimum Gasteiger partial charge on any atom is -0.297 e. The van der Waals surface area contributed by atoms with Gasteiger partial charge in [-0.3, -0.25) is 15.0 Å². The summed E-state index contributed by atoms with van der Waals surface area (Å²) in [5.41, 5.74) is 1.73. The molecule has 6 heteroatoms. The monoisotopic (exact) mass is 439 g/mol.